The quantitative estimate of drug-likeness (QED) is 0.431. The average Bonchev–Trinajstić information content (AvgIpc) is 2.76. The van der Waals surface area contributed by atoms with Crippen molar-refractivity contribution in [3.63, 3.8) is 0 Å². The van der Waals surface area contributed by atoms with Gasteiger partial charge >= 0.3 is 0 Å². The summed E-state index contributed by atoms with van der Waals surface area (Å²) in [6, 6.07) is 0. The van der Waals surface area contributed by atoms with Gasteiger partial charge in [-0.25, -0.2) is 0 Å². The van der Waals surface area contributed by atoms with Crippen molar-refractivity contribution in [1.29, 1.82) is 0 Å². The summed E-state index contributed by atoms with van der Waals surface area (Å²) >= 11 is 0. The largest absolute Gasteiger partial charge is 0.159 e. The van der Waals surface area contributed by atoms with E-state index < -0.39 is 0 Å². The van der Waals surface area contributed by atoms with Gasteiger partial charge in [-0.2, -0.15) is 0 Å². The third kappa shape index (κ3) is 0.864. The maximum Gasteiger partial charge on any atom is 0.159 e. The Labute approximate surface area is 86.5 Å². The molecule has 2 fully saturated rings. The molecule has 0 nitrogen and oxygen atoms in total. The molecule has 4 rings (SSSR count). The summed E-state index contributed by atoms with van der Waals surface area (Å²) in [4.78, 5) is 0. The lowest BCUT2D eigenvalue weighted by molar-refractivity contribution is 0.816. The van der Waals surface area contributed by atoms with Gasteiger partial charge in [-0.3, -0.25) is 0 Å². The van der Waals surface area contributed by atoms with Crippen LogP contribution in [0.3, 0.4) is 0 Å². The fourth-order valence-corrected chi connectivity index (χ4v) is 4.47. The van der Waals surface area contributed by atoms with Crippen molar-refractivity contribution in [1.82, 2.24) is 0 Å². The zero-order chi connectivity index (χ0) is 9.12. The zero-order valence-electron chi connectivity index (χ0n) is 8.60. The third-order valence-corrected chi connectivity index (χ3v) is 5.14. The summed E-state index contributed by atoms with van der Waals surface area (Å²) in [6.45, 7) is 1.04. The first kappa shape index (κ1) is 7.79. The summed E-state index contributed by atoms with van der Waals surface area (Å²) in [5.74, 6) is 4.87. The van der Waals surface area contributed by atoms with Crippen molar-refractivity contribution < 1.29 is 0 Å². The Morgan fingerprint density at radius 2 is 1.50 bits per heavy atom. The van der Waals surface area contributed by atoms with E-state index in [9.17, 15) is 0 Å². The molecule has 0 aromatic carbocycles. The first-order valence-corrected chi connectivity index (χ1v) is 6.32. The Balaban J connectivity index is 1.69. The molecule has 0 aromatic rings. The molecular weight excluding hydrogens is 167 g/mol. The number of rotatable bonds is 1. The van der Waals surface area contributed by atoms with Gasteiger partial charge in [-0.1, -0.05) is 55.8 Å². The lowest BCUT2D eigenvalue weighted by Gasteiger charge is -2.29. The van der Waals surface area contributed by atoms with E-state index in [4.69, 9.17) is 0 Å². The highest BCUT2D eigenvalue weighted by atomic mass is 14.5. The van der Waals surface area contributed by atoms with Gasteiger partial charge in [0, 0.05) is 0 Å². The van der Waals surface area contributed by atoms with Crippen LogP contribution >= 0.6 is 0 Å². The zero-order valence-corrected chi connectivity index (χ0v) is 8.60. The van der Waals surface area contributed by atoms with E-state index in [0.29, 0.717) is 0 Å². The van der Waals surface area contributed by atoms with Gasteiger partial charge in [0.1, 0.15) is 0 Å². The number of allylic oxidation sites excluding steroid dienone is 4. The summed E-state index contributed by atoms with van der Waals surface area (Å²) in [6.07, 6.45) is 16.1. The minimum atomic E-state index is 0.818. The van der Waals surface area contributed by atoms with E-state index in [-0.39, 0.29) is 0 Å². The van der Waals surface area contributed by atoms with Gasteiger partial charge in [-0.15, -0.1) is 0 Å². The summed E-state index contributed by atoms with van der Waals surface area (Å²) in [5.41, 5.74) is 0. The highest BCUT2D eigenvalue weighted by Crippen LogP contribution is 2.66. The van der Waals surface area contributed by atoms with Crippen LogP contribution in [0.4, 0.5) is 0 Å². The van der Waals surface area contributed by atoms with Crippen molar-refractivity contribution in [2.75, 3.05) is 0 Å². The van der Waals surface area contributed by atoms with Gasteiger partial charge in [0.05, 0.1) is 0 Å². The van der Waals surface area contributed by atoms with Crippen LogP contribution in [-0.4, -0.2) is 6.71 Å². The Morgan fingerprint density at radius 3 is 2.14 bits per heavy atom. The van der Waals surface area contributed by atoms with Crippen molar-refractivity contribution in [2.45, 2.75) is 43.1 Å². The predicted molar refractivity (Wildman–Crippen MR) is 60.7 cm³/mol. The molecule has 0 spiro atoms. The predicted octanol–water partition coefficient (Wildman–Crippen LogP) is 3.55. The van der Waals surface area contributed by atoms with Crippen molar-refractivity contribution in [3.8, 4) is 0 Å². The topological polar surface area (TPSA) is 0 Å². The van der Waals surface area contributed by atoms with E-state index in [1.165, 1.54) is 25.7 Å². The smallest absolute Gasteiger partial charge is 0.0886 e. The van der Waals surface area contributed by atoms with Crippen molar-refractivity contribution >= 4 is 6.71 Å². The van der Waals surface area contributed by atoms with Gasteiger partial charge in [0.25, 0.3) is 0 Å². The van der Waals surface area contributed by atoms with Crippen LogP contribution in [-0.2, 0) is 0 Å². The first-order valence-electron chi connectivity index (χ1n) is 6.32. The fraction of sp³-hybridized carbons (Fsp3) is 0.692. The first-order chi connectivity index (χ1) is 6.95. The summed E-state index contributed by atoms with van der Waals surface area (Å²) < 4.78 is 0. The van der Waals surface area contributed by atoms with Crippen LogP contribution in [0.15, 0.2) is 24.3 Å². The fourth-order valence-electron chi connectivity index (χ4n) is 4.47. The number of hydrogen-bond donors (Lipinski definition) is 0. The molecule has 2 atom stereocenters. The monoisotopic (exact) mass is 184 g/mol. The third-order valence-electron chi connectivity index (χ3n) is 5.14. The second kappa shape index (κ2) is 2.56. The molecule has 2 aliphatic heterocycles. The maximum absolute atomic E-state index is 2.51. The molecule has 0 amide bonds. The van der Waals surface area contributed by atoms with Gasteiger partial charge in [0.15, 0.2) is 6.71 Å². The van der Waals surface area contributed by atoms with Crippen LogP contribution in [0.1, 0.15) is 25.7 Å². The molecule has 14 heavy (non-hydrogen) atoms. The van der Waals surface area contributed by atoms with E-state index >= 15 is 0 Å². The molecule has 1 heteroatoms. The molecular formula is C13H17B. The molecule has 4 aliphatic rings. The van der Waals surface area contributed by atoms with Crippen LogP contribution in [0.2, 0.25) is 17.5 Å². The second-order valence-electron chi connectivity index (χ2n) is 5.70. The highest BCUT2D eigenvalue weighted by Gasteiger charge is 2.59. The van der Waals surface area contributed by atoms with Crippen LogP contribution in [0.5, 0.6) is 0 Å². The SMILES string of the molecule is C1=CC2C3C=CC1B(C1CCCC1)C23. The Bertz CT molecular complexity index is 291. The van der Waals surface area contributed by atoms with Gasteiger partial charge in [0.2, 0.25) is 0 Å². The van der Waals surface area contributed by atoms with Crippen LogP contribution < -0.4 is 0 Å². The van der Waals surface area contributed by atoms with Crippen LogP contribution in [0.25, 0.3) is 0 Å². The van der Waals surface area contributed by atoms with Gasteiger partial charge < -0.3 is 0 Å². The Hall–Kier alpha value is -0.455. The lowest BCUT2D eigenvalue weighted by Crippen LogP contribution is -2.28. The molecule has 2 heterocycles. The average molecular weight is 184 g/mol. The molecule has 2 saturated carbocycles. The number of hydrogen-bond acceptors (Lipinski definition) is 0. The highest BCUT2D eigenvalue weighted by molar-refractivity contribution is 6.66. The molecule has 0 aromatic heterocycles. The molecule has 2 aliphatic carbocycles. The van der Waals surface area contributed by atoms with Crippen molar-refractivity contribution in [3.05, 3.63) is 24.3 Å². The standard InChI is InChI=1S/C13H17B/c1-2-4-9(3-1)14-10-5-7-11-12(8-6-10)13(11)14/h5-13H,1-4H2. The molecule has 2 unspecified atom stereocenters. The van der Waals surface area contributed by atoms with Crippen molar-refractivity contribution in [2.24, 2.45) is 11.8 Å². The van der Waals surface area contributed by atoms with Crippen LogP contribution in [0, 0.1) is 11.8 Å². The summed E-state index contributed by atoms with van der Waals surface area (Å²) in [5, 5.41) is 0. The molecule has 2 bridgehead atoms. The minimum Gasteiger partial charge on any atom is -0.0886 e. The maximum atomic E-state index is 2.51. The van der Waals surface area contributed by atoms with E-state index in [0.717, 1.165) is 36.0 Å². The molecule has 72 valence electrons. The van der Waals surface area contributed by atoms with Gasteiger partial charge in [-0.05, 0) is 23.5 Å². The molecule has 0 radical (unpaired) electrons. The summed E-state index contributed by atoms with van der Waals surface area (Å²) in [7, 11) is 0. The number of fused-ring (bicyclic) bond motifs is 2. The van der Waals surface area contributed by atoms with E-state index in [1.54, 1.807) is 0 Å². The molecule has 0 N–H and O–H groups in total. The minimum absolute atomic E-state index is 0.818. The lowest BCUT2D eigenvalue weighted by atomic mass is 9.28. The Morgan fingerprint density at radius 1 is 0.857 bits per heavy atom. The Kier molecular flexibility index (Phi) is 1.43. The second-order valence-corrected chi connectivity index (χ2v) is 5.70. The van der Waals surface area contributed by atoms with E-state index in [1.807, 2.05) is 0 Å². The molecule has 0 saturated heterocycles. The van der Waals surface area contributed by atoms with E-state index in [2.05, 4.69) is 24.3 Å². The normalized spacial score (nSPS) is 48.7.